The lowest BCUT2D eigenvalue weighted by Gasteiger charge is -2.21. The van der Waals surface area contributed by atoms with Crippen molar-refractivity contribution in [2.24, 2.45) is 0 Å². The van der Waals surface area contributed by atoms with Gasteiger partial charge in [0.25, 0.3) is 15.9 Å². The van der Waals surface area contributed by atoms with Gasteiger partial charge >= 0.3 is 0 Å². The summed E-state index contributed by atoms with van der Waals surface area (Å²) in [6, 6.07) is 11.3. The van der Waals surface area contributed by atoms with E-state index in [0.29, 0.717) is 11.3 Å². The van der Waals surface area contributed by atoms with Crippen molar-refractivity contribution in [3.8, 4) is 11.5 Å². The highest BCUT2D eigenvalue weighted by molar-refractivity contribution is 7.89. The average Bonchev–Trinajstić information content (AvgIpc) is 2.73. The van der Waals surface area contributed by atoms with E-state index in [1.807, 2.05) is 26.0 Å². The molecule has 0 radical (unpaired) electrons. The highest BCUT2D eigenvalue weighted by atomic mass is 32.2. The zero-order valence-electron chi connectivity index (χ0n) is 16.4. The van der Waals surface area contributed by atoms with Gasteiger partial charge in [0.15, 0.2) is 0 Å². The van der Waals surface area contributed by atoms with Gasteiger partial charge in [-0.25, -0.2) is 8.42 Å². The van der Waals surface area contributed by atoms with E-state index in [4.69, 9.17) is 9.47 Å². The molecular formula is C19H25N3O5S. The maximum atomic E-state index is 12.6. The number of sulfonamides is 1. The van der Waals surface area contributed by atoms with Gasteiger partial charge in [-0.3, -0.25) is 10.2 Å². The number of benzene rings is 2. The van der Waals surface area contributed by atoms with Gasteiger partial charge in [-0.05, 0) is 50.2 Å². The molecule has 2 rings (SSSR count). The first-order chi connectivity index (χ1) is 13.4. The van der Waals surface area contributed by atoms with E-state index in [-0.39, 0.29) is 10.6 Å². The standard InChI is InChI=1S/C19H25N3O5S/c1-5-22(6-2)15-9-7-14(8-10-15)19(23)20-21-28(24,25)18-13-16(26-3)11-12-17(18)27-4/h7-13,21H,5-6H2,1-4H3,(H,20,23). The lowest BCUT2D eigenvalue weighted by molar-refractivity contribution is 0.0945. The van der Waals surface area contributed by atoms with E-state index in [9.17, 15) is 13.2 Å². The predicted octanol–water partition coefficient (Wildman–Crippen LogP) is 2.17. The second kappa shape index (κ2) is 9.43. The van der Waals surface area contributed by atoms with Crippen LogP contribution in [-0.2, 0) is 10.0 Å². The molecule has 0 atom stereocenters. The summed E-state index contributed by atoms with van der Waals surface area (Å²) in [5.74, 6) is -0.0952. The van der Waals surface area contributed by atoms with Crippen LogP contribution in [0.15, 0.2) is 47.4 Å². The van der Waals surface area contributed by atoms with E-state index < -0.39 is 15.9 Å². The van der Waals surface area contributed by atoms with Crippen LogP contribution in [0.25, 0.3) is 0 Å². The van der Waals surface area contributed by atoms with Gasteiger partial charge in [-0.2, -0.15) is 0 Å². The topological polar surface area (TPSA) is 97.0 Å². The second-order valence-corrected chi connectivity index (χ2v) is 7.45. The SMILES string of the molecule is CCN(CC)c1ccc(C(=O)NNS(=O)(=O)c2cc(OC)ccc2OC)cc1. The number of carbonyl (C=O) groups is 1. The van der Waals surface area contributed by atoms with Crippen molar-refractivity contribution >= 4 is 21.6 Å². The molecule has 0 saturated carbocycles. The zero-order chi connectivity index (χ0) is 20.7. The molecule has 9 heteroatoms. The quantitative estimate of drug-likeness (QED) is 0.619. The van der Waals surface area contributed by atoms with Crippen molar-refractivity contribution in [1.82, 2.24) is 10.3 Å². The molecule has 0 spiro atoms. The normalized spacial score (nSPS) is 11.0. The third-order valence-electron chi connectivity index (χ3n) is 4.22. The van der Waals surface area contributed by atoms with Gasteiger partial charge in [-0.15, -0.1) is 4.83 Å². The predicted molar refractivity (Wildman–Crippen MR) is 107 cm³/mol. The van der Waals surface area contributed by atoms with Crippen LogP contribution in [0.5, 0.6) is 11.5 Å². The molecule has 0 fully saturated rings. The van der Waals surface area contributed by atoms with Crippen LogP contribution in [0.1, 0.15) is 24.2 Å². The maximum Gasteiger partial charge on any atom is 0.266 e. The number of methoxy groups -OCH3 is 2. The fourth-order valence-corrected chi connectivity index (χ4v) is 3.67. The Kier molecular flexibility index (Phi) is 7.24. The molecule has 2 N–H and O–H groups in total. The molecule has 0 bridgehead atoms. The van der Waals surface area contributed by atoms with Crippen molar-refractivity contribution < 1.29 is 22.7 Å². The van der Waals surface area contributed by atoms with Gasteiger partial charge in [0, 0.05) is 30.4 Å². The number of nitrogens with zero attached hydrogens (tertiary/aromatic N) is 1. The van der Waals surface area contributed by atoms with Crippen LogP contribution in [-0.4, -0.2) is 41.6 Å². The Hall–Kier alpha value is -2.78. The maximum absolute atomic E-state index is 12.6. The summed E-state index contributed by atoms with van der Waals surface area (Å²) in [5.41, 5.74) is 3.54. The summed E-state index contributed by atoms with van der Waals surface area (Å²) < 4.78 is 35.3. The van der Waals surface area contributed by atoms with Crippen LogP contribution < -0.4 is 24.6 Å². The summed E-state index contributed by atoms with van der Waals surface area (Å²) in [5, 5.41) is 0. The first kappa shape index (κ1) is 21.5. The smallest absolute Gasteiger partial charge is 0.266 e. The summed E-state index contributed by atoms with van der Waals surface area (Å²) >= 11 is 0. The number of ether oxygens (including phenoxy) is 2. The minimum Gasteiger partial charge on any atom is -0.497 e. The van der Waals surface area contributed by atoms with Crippen molar-refractivity contribution in [2.75, 3.05) is 32.2 Å². The molecule has 0 saturated heterocycles. The van der Waals surface area contributed by atoms with E-state index in [0.717, 1.165) is 18.8 Å². The van der Waals surface area contributed by atoms with Gasteiger partial charge in [0.1, 0.15) is 16.4 Å². The number of carbonyl (C=O) groups excluding carboxylic acids is 1. The number of rotatable bonds is 9. The molecule has 0 aromatic heterocycles. The van der Waals surface area contributed by atoms with Crippen molar-refractivity contribution in [1.29, 1.82) is 0 Å². The molecule has 152 valence electrons. The van der Waals surface area contributed by atoms with E-state index >= 15 is 0 Å². The largest absolute Gasteiger partial charge is 0.497 e. The van der Waals surface area contributed by atoms with Gasteiger partial charge in [0.2, 0.25) is 0 Å². The first-order valence-electron chi connectivity index (χ1n) is 8.75. The molecule has 28 heavy (non-hydrogen) atoms. The zero-order valence-corrected chi connectivity index (χ0v) is 17.2. The fraction of sp³-hybridized carbons (Fsp3) is 0.316. The Morgan fingerprint density at radius 1 is 1.00 bits per heavy atom. The number of anilines is 1. The van der Waals surface area contributed by atoms with Crippen LogP contribution in [0.4, 0.5) is 5.69 Å². The number of nitrogens with one attached hydrogen (secondary N) is 2. The van der Waals surface area contributed by atoms with Crippen LogP contribution in [0.2, 0.25) is 0 Å². The minimum atomic E-state index is -4.06. The highest BCUT2D eigenvalue weighted by Gasteiger charge is 2.21. The molecule has 0 heterocycles. The van der Waals surface area contributed by atoms with E-state index in [1.54, 1.807) is 18.2 Å². The fourth-order valence-electron chi connectivity index (χ4n) is 2.65. The van der Waals surface area contributed by atoms with Crippen LogP contribution in [0.3, 0.4) is 0 Å². The molecule has 2 aromatic carbocycles. The number of hydrogen-bond donors (Lipinski definition) is 2. The second-order valence-electron chi connectivity index (χ2n) is 5.80. The third-order valence-corrected chi connectivity index (χ3v) is 5.49. The Morgan fingerprint density at radius 3 is 2.18 bits per heavy atom. The lowest BCUT2D eigenvalue weighted by Crippen LogP contribution is -2.41. The Balaban J connectivity index is 2.13. The van der Waals surface area contributed by atoms with Crippen molar-refractivity contribution in [3.63, 3.8) is 0 Å². The lowest BCUT2D eigenvalue weighted by atomic mass is 10.2. The Morgan fingerprint density at radius 2 is 1.64 bits per heavy atom. The summed E-state index contributed by atoms with van der Waals surface area (Å²) in [7, 11) is -1.28. The number of hydrogen-bond acceptors (Lipinski definition) is 6. The molecule has 2 aromatic rings. The summed E-state index contributed by atoms with van der Waals surface area (Å²) in [4.78, 5) is 16.4. The number of amides is 1. The van der Waals surface area contributed by atoms with E-state index in [2.05, 4.69) is 15.2 Å². The molecule has 8 nitrogen and oxygen atoms in total. The molecule has 0 aliphatic carbocycles. The van der Waals surface area contributed by atoms with Crippen LogP contribution >= 0.6 is 0 Å². The van der Waals surface area contributed by atoms with Gasteiger partial charge in [-0.1, -0.05) is 0 Å². The van der Waals surface area contributed by atoms with Crippen molar-refractivity contribution in [3.05, 3.63) is 48.0 Å². The molecule has 0 aliphatic heterocycles. The highest BCUT2D eigenvalue weighted by Crippen LogP contribution is 2.27. The average molecular weight is 407 g/mol. The summed E-state index contributed by atoms with van der Waals surface area (Å²) in [6.45, 7) is 5.80. The Labute approximate surface area is 165 Å². The number of hydrazine groups is 1. The Bertz CT molecular complexity index is 910. The summed E-state index contributed by atoms with van der Waals surface area (Å²) in [6.07, 6.45) is 0. The first-order valence-corrected chi connectivity index (χ1v) is 10.2. The van der Waals surface area contributed by atoms with Gasteiger partial charge < -0.3 is 14.4 Å². The van der Waals surface area contributed by atoms with E-state index in [1.165, 1.54) is 26.4 Å². The molecular weight excluding hydrogens is 382 g/mol. The third kappa shape index (κ3) is 4.93. The van der Waals surface area contributed by atoms with Crippen LogP contribution in [0, 0.1) is 0 Å². The molecule has 0 aliphatic rings. The minimum absolute atomic E-state index is 0.131. The molecule has 0 unspecified atom stereocenters. The monoisotopic (exact) mass is 407 g/mol. The van der Waals surface area contributed by atoms with Crippen molar-refractivity contribution in [2.45, 2.75) is 18.7 Å². The molecule has 1 amide bonds. The van der Waals surface area contributed by atoms with Gasteiger partial charge in [0.05, 0.1) is 14.2 Å².